The lowest BCUT2D eigenvalue weighted by atomic mass is 9.54. The van der Waals surface area contributed by atoms with Gasteiger partial charge in [-0.05, 0) is 73.5 Å². The average Bonchev–Trinajstić information content (AvgIpc) is 2.59. The lowest BCUT2D eigenvalue weighted by Gasteiger charge is -2.54. The monoisotopic (exact) mass is 378 g/mol. The molecule has 1 aromatic carbocycles. The molecule has 0 unspecified atom stereocenters. The first-order valence-electron chi connectivity index (χ1n) is 9.54. The minimum atomic E-state index is -0.546. The van der Waals surface area contributed by atoms with Crippen LogP contribution in [0.2, 0.25) is 5.02 Å². The number of benzene rings is 1. The summed E-state index contributed by atoms with van der Waals surface area (Å²) in [6.45, 7) is 0.542. The van der Waals surface area contributed by atoms with Crippen molar-refractivity contribution < 1.29 is 14.3 Å². The van der Waals surface area contributed by atoms with E-state index in [0.717, 1.165) is 35.8 Å². The summed E-state index contributed by atoms with van der Waals surface area (Å²) in [5.41, 5.74) is 6.20. The number of hydrogen-bond donors (Lipinski definition) is 2. The maximum Gasteiger partial charge on any atom is 0.255 e. The molecule has 4 aliphatic carbocycles. The highest BCUT2D eigenvalue weighted by molar-refractivity contribution is 6.32. The van der Waals surface area contributed by atoms with Crippen molar-refractivity contribution in [3.05, 3.63) is 22.7 Å². The normalized spacial score (nSPS) is 31.8. The van der Waals surface area contributed by atoms with Crippen LogP contribution in [0.1, 0.15) is 37.7 Å². The number of carbonyl (C=O) groups is 1. The largest absolute Gasteiger partial charge is 0.493 e. The van der Waals surface area contributed by atoms with Gasteiger partial charge in [0.05, 0.1) is 12.1 Å². The van der Waals surface area contributed by atoms with Gasteiger partial charge in [0.15, 0.2) is 18.1 Å². The summed E-state index contributed by atoms with van der Waals surface area (Å²) in [5.74, 6) is 3.98. The molecule has 1 amide bonds. The quantitative estimate of drug-likeness (QED) is 0.764. The van der Waals surface area contributed by atoms with E-state index in [2.05, 4.69) is 5.32 Å². The van der Waals surface area contributed by atoms with Gasteiger partial charge in [-0.3, -0.25) is 4.79 Å². The third kappa shape index (κ3) is 3.52. The van der Waals surface area contributed by atoms with E-state index in [1.165, 1.54) is 32.1 Å². The number of methoxy groups -OCH3 is 1. The molecular formula is C20H27ClN2O3. The van der Waals surface area contributed by atoms with Crippen LogP contribution >= 0.6 is 11.6 Å². The van der Waals surface area contributed by atoms with Gasteiger partial charge in [0.1, 0.15) is 0 Å². The summed E-state index contributed by atoms with van der Waals surface area (Å²) >= 11 is 6.35. The third-order valence-electron chi connectivity index (χ3n) is 6.42. The van der Waals surface area contributed by atoms with Crippen molar-refractivity contribution in [1.82, 2.24) is 5.32 Å². The SMILES string of the molecule is COc1cc(CNC2C3CC4CC(C3)CC2C4)cc(Cl)c1OCC(N)=O. The predicted octanol–water partition coefficient (Wildman–Crippen LogP) is 3.13. The van der Waals surface area contributed by atoms with Crippen LogP contribution in [0.25, 0.3) is 0 Å². The summed E-state index contributed by atoms with van der Waals surface area (Å²) < 4.78 is 10.8. The highest BCUT2D eigenvalue weighted by Gasteiger charge is 2.47. The van der Waals surface area contributed by atoms with Crippen molar-refractivity contribution in [3.8, 4) is 11.5 Å². The molecule has 4 saturated carbocycles. The molecule has 26 heavy (non-hydrogen) atoms. The fraction of sp³-hybridized carbons (Fsp3) is 0.650. The molecular weight excluding hydrogens is 352 g/mol. The first-order chi connectivity index (χ1) is 12.5. The molecule has 142 valence electrons. The number of halogens is 1. The van der Waals surface area contributed by atoms with Gasteiger partial charge in [0.25, 0.3) is 5.91 Å². The molecule has 1 aromatic rings. The lowest BCUT2D eigenvalue weighted by molar-refractivity contribution is -0.119. The van der Waals surface area contributed by atoms with Gasteiger partial charge in [0.2, 0.25) is 0 Å². The molecule has 0 radical (unpaired) electrons. The molecule has 4 aliphatic rings. The zero-order chi connectivity index (χ0) is 18.3. The maximum atomic E-state index is 11.0. The van der Waals surface area contributed by atoms with E-state index >= 15 is 0 Å². The number of primary amides is 1. The fourth-order valence-corrected chi connectivity index (χ4v) is 5.94. The van der Waals surface area contributed by atoms with Crippen LogP contribution in [0.3, 0.4) is 0 Å². The summed E-state index contributed by atoms with van der Waals surface area (Å²) in [5, 5.41) is 4.24. The van der Waals surface area contributed by atoms with Gasteiger partial charge in [-0.1, -0.05) is 11.6 Å². The molecule has 0 atom stereocenters. The molecule has 3 N–H and O–H groups in total. The van der Waals surface area contributed by atoms with E-state index in [-0.39, 0.29) is 6.61 Å². The van der Waals surface area contributed by atoms with Crippen molar-refractivity contribution in [2.45, 2.75) is 44.7 Å². The van der Waals surface area contributed by atoms with Crippen LogP contribution in [-0.2, 0) is 11.3 Å². The Hall–Kier alpha value is -1.46. The lowest BCUT2D eigenvalue weighted by Crippen LogP contribution is -2.54. The second-order valence-corrected chi connectivity index (χ2v) is 8.61. The Labute approximate surface area is 159 Å². The molecule has 0 saturated heterocycles. The van der Waals surface area contributed by atoms with Crippen molar-refractivity contribution in [1.29, 1.82) is 0 Å². The van der Waals surface area contributed by atoms with Crippen LogP contribution in [0, 0.1) is 23.7 Å². The zero-order valence-electron chi connectivity index (χ0n) is 15.2. The number of nitrogens with one attached hydrogen (secondary N) is 1. The molecule has 4 fully saturated rings. The topological polar surface area (TPSA) is 73.6 Å². The Balaban J connectivity index is 1.43. The maximum absolute atomic E-state index is 11.0. The van der Waals surface area contributed by atoms with Gasteiger partial charge < -0.3 is 20.5 Å². The van der Waals surface area contributed by atoms with E-state index in [0.29, 0.717) is 22.6 Å². The highest BCUT2D eigenvalue weighted by Crippen LogP contribution is 2.53. The van der Waals surface area contributed by atoms with Crippen LogP contribution in [-0.4, -0.2) is 25.7 Å². The number of amides is 1. The van der Waals surface area contributed by atoms with E-state index in [4.69, 9.17) is 26.8 Å². The molecule has 5 rings (SSSR count). The number of nitrogens with two attached hydrogens (primary N) is 1. The van der Waals surface area contributed by atoms with Crippen molar-refractivity contribution in [3.63, 3.8) is 0 Å². The molecule has 5 nitrogen and oxygen atoms in total. The molecule has 0 aromatic heterocycles. The van der Waals surface area contributed by atoms with Gasteiger partial charge in [-0.25, -0.2) is 0 Å². The number of rotatable bonds is 7. The van der Waals surface area contributed by atoms with Gasteiger partial charge >= 0.3 is 0 Å². The minimum Gasteiger partial charge on any atom is -0.493 e. The number of ether oxygens (including phenoxy) is 2. The smallest absolute Gasteiger partial charge is 0.255 e. The van der Waals surface area contributed by atoms with Gasteiger partial charge in [-0.2, -0.15) is 0 Å². The molecule has 4 bridgehead atoms. The van der Waals surface area contributed by atoms with Crippen LogP contribution in [0.4, 0.5) is 0 Å². The average molecular weight is 379 g/mol. The second-order valence-electron chi connectivity index (χ2n) is 8.20. The summed E-state index contributed by atoms with van der Waals surface area (Å²) in [4.78, 5) is 11.0. The minimum absolute atomic E-state index is 0.221. The zero-order valence-corrected chi connectivity index (χ0v) is 15.9. The van der Waals surface area contributed by atoms with Crippen LogP contribution in [0.15, 0.2) is 12.1 Å². The molecule has 0 spiro atoms. The van der Waals surface area contributed by atoms with Crippen molar-refractivity contribution >= 4 is 17.5 Å². The first-order valence-corrected chi connectivity index (χ1v) is 9.92. The van der Waals surface area contributed by atoms with E-state index in [1.54, 1.807) is 7.11 Å². The van der Waals surface area contributed by atoms with Gasteiger partial charge in [0, 0.05) is 12.6 Å². The summed E-state index contributed by atoms with van der Waals surface area (Å²) in [6, 6.07) is 4.42. The number of hydrogen-bond acceptors (Lipinski definition) is 4. The Kier molecular flexibility index (Phi) is 5.02. The van der Waals surface area contributed by atoms with Crippen molar-refractivity contribution in [2.24, 2.45) is 29.4 Å². The summed E-state index contributed by atoms with van der Waals surface area (Å²) in [7, 11) is 1.57. The second kappa shape index (κ2) is 7.28. The molecule has 0 aliphatic heterocycles. The predicted molar refractivity (Wildman–Crippen MR) is 100 cm³/mol. The van der Waals surface area contributed by atoms with Crippen molar-refractivity contribution in [2.75, 3.05) is 13.7 Å². The Bertz CT molecular complexity index is 666. The van der Waals surface area contributed by atoms with Crippen LogP contribution < -0.4 is 20.5 Å². The highest BCUT2D eigenvalue weighted by atomic mass is 35.5. The van der Waals surface area contributed by atoms with E-state index < -0.39 is 5.91 Å². The Morgan fingerprint density at radius 3 is 2.42 bits per heavy atom. The van der Waals surface area contributed by atoms with Crippen LogP contribution in [0.5, 0.6) is 11.5 Å². The third-order valence-corrected chi connectivity index (χ3v) is 6.70. The van der Waals surface area contributed by atoms with Gasteiger partial charge in [-0.15, -0.1) is 0 Å². The molecule has 6 heteroatoms. The Morgan fingerprint density at radius 2 is 1.85 bits per heavy atom. The van der Waals surface area contributed by atoms with E-state index in [1.807, 2.05) is 12.1 Å². The summed E-state index contributed by atoms with van der Waals surface area (Å²) in [6.07, 6.45) is 7.06. The fourth-order valence-electron chi connectivity index (χ4n) is 5.65. The standard InChI is InChI=1S/C20H27ClN2O3/c1-25-17-8-13(7-16(21)20(17)26-10-18(22)24)9-23-19-14-3-11-2-12(5-14)6-15(19)4-11/h7-8,11-12,14-15,19,23H,2-6,9-10H2,1H3,(H2,22,24). The number of carbonyl (C=O) groups excluding carboxylic acids is 1. The Morgan fingerprint density at radius 1 is 1.19 bits per heavy atom. The van der Waals surface area contributed by atoms with E-state index in [9.17, 15) is 4.79 Å². The molecule has 0 heterocycles. The first kappa shape index (κ1) is 17.9.